The summed E-state index contributed by atoms with van der Waals surface area (Å²) < 4.78 is 18.6. The molecule has 1 aliphatic rings. The Hall–Kier alpha value is -1.82. The van der Waals surface area contributed by atoms with Gasteiger partial charge in [0, 0.05) is 12.2 Å². The Labute approximate surface area is 124 Å². The van der Waals surface area contributed by atoms with E-state index < -0.39 is 11.8 Å². The van der Waals surface area contributed by atoms with Crippen LogP contribution in [-0.2, 0) is 4.74 Å². The summed E-state index contributed by atoms with van der Waals surface area (Å²) in [5.74, 6) is -0.498. The first-order valence-corrected chi connectivity index (χ1v) is 7.11. The van der Waals surface area contributed by atoms with Crippen LogP contribution in [0.5, 0.6) is 0 Å². The minimum absolute atomic E-state index is 0.0872. The Balaban J connectivity index is 2.04. The Kier molecular flexibility index (Phi) is 5.01. The lowest BCUT2D eigenvalue weighted by atomic mass is 9.97. The van der Waals surface area contributed by atoms with Crippen LogP contribution >= 0.6 is 0 Å². The summed E-state index contributed by atoms with van der Waals surface area (Å²) in [5, 5.41) is 3.09. The molecule has 1 heterocycles. The van der Waals surface area contributed by atoms with E-state index in [-0.39, 0.29) is 11.3 Å². The van der Waals surface area contributed by atoms with Gasteiger partial charge in [-0.3, -0.25) is 0 Å². The van der Waals surface area contributed by atoms with Crippen LogP contribution in [-0.4, -0.2) is 44.7 Å². The maximum atomic E-state index is 13.9. The summed E-state index contributed by atoms with van der Waals surface area (Å²) in [6.07, 6.45) is 2.17. The number of piperidine rings is 1. The molecule has 0 atom stereocenters. The quantitative estimate of drug-likeness (QED) is 0.656. The molecule has 6 heteroatoms. The van der Waals surface area contributed by atoms with Gasteiger partial charge in [0.2, 0.25) is 0 Å². The Morgan fingerprint density at radius 1 is 1.48 bits per heavy atom. The highest BCUT2D eigenvalue weighted by atomic mass is 19.1. The van der Waals surface area contributed by atoms with E-state index in [9.17, 15) is 9.18 Å². The smallest absolute Gasteiger partial charge is 0.340 e. The first kappa shape index (κ1) is 15.6. The molecule has 0 unspecified atom stereocenters. The van der Waals surface area contributed by atoms with E-state index >= 15 is 0 Å². The van der Waals surface area contributed by atoms with E-state index in [4.69, 9.17) is 5.73 Å². The summed E-state index contributed by atoms with van der Waals surface area (Å²) in [7, 11) is 3.38. The highest BCUT2D eigenvalue weighted by Gasteiger charge is 2.18. The van der Waals surface area contributed by atoms with E-state index in [1.807, 2.05) is 0 Å². The number of nitrogens with two attached hydrogens (primary N) is 1. The molecule has 1 saturated heterocycles. The number of methoxy groups -OCH3 is 1. The van der Waals surface area contributed by atoms with E-state index in [1.54, 1.807) is 0 Å². The van der Waals surface area contributed by atoms with Crippen molar-refractivity contribution in [2.24, 2.45) is 5.92 Å². The molecule has 116 valence electrons. The van der Waals surface area contributed by atoms with Crippen molar-refractivity contribution in [3.63, 3.8) is 0 Å². The second kappa shape index (κ2) is 6.76. The minimum Gasteiger partial charge on any atom is -0.465 e. The molecule has 1 aromatic rings. The van der Waals surface area contributed by atoms with Crippen molar-refractivity contribution in [3.05, 3.63) is 23.5 Å². The molecule has 0 amide bonds. The molecule has 21 heavy (non-hydrogen) atoms. The van der Waals surface area contributed by atoms with Crippen molar-refractivity contribution in [1.29, 1.82) is 0 Å². The number of rotatable bonds is 4. The number of carbonyl (C=O) groups is 1. The Morgan fingerprint density at radius 3 is 2.76 bits per heavy atom. The van der Waals surface area contributed by atoms with Gasteiger partial charge in [0.25, 0.3) is 0 Å². The van der Waals surface area contributed by atoms with Gasteiger partial charge in [-0.05, 0) is 51.0 Å². The number of hydrogen-bond acceptors (Lipinski definition) is 5. The highest BCUT2D eigenvalue weighted by Crippen LogP contribution is 2.24. The first-order valence-electron chi connectivity index (χ1n) is 7.11. The monoisotopic (exact) mass is 295 g/mol. The van der Waals surface area contributed by atoms with Gasteiger partial charge in [0.15, 0.2) is 0 Å². The highest BCUT2D eigenvalue weighted by molar-refractivity contribution is 5.96. The van der Waals surface area contributed by atoms with E-state index in [1.165, 1.54) is 13.2 Å². The predicted molar refractivity (Wildman–Crippen MR) is 80.9 cm³/mol. The fraction of sp³-hybridized carbons (Fsp3) is 0.533. The molecule has 1 aliphatic heterocycles. The molecule has 0 spiro atoms. The summed E-state index contributed by atoms with van der Waals surface area (Å²) in [5.41, 5.74) is 6.21. The van der Waals surface area contributed by atoms with Gasteiger partial charge >= 0.3 is 5.97 Å². The molecule has 1 aromatic carbocycles. The third-order valence-corrected chi connectivity index (χ3v) is 3.96. The topological polar surface area (TPSA) is 67.6 Å². The van der Waals surface area contributed by atoms with E-state index in [0.29, 0.717) is 18.2 Å². The average Bonchev–Trinajstić information content (AvgIpc) is 2.47. The number of hydrogen-bond donors (Lipinski definition) is 2. The standard InChI is InChI=1S/C15H22FN3O2/c1-19-5-3-10(4-6-19)9-18-14-7-11(15(20)21-2)13(17)8-12(14)16/h7-8,10,18H,3-6,9,17H2,1-2H3. The number of nitrogens with zero attached hydrogens (tertiary/aromatic N) is 1. The molecule has 0 aromatic heterocycles. The summed E-state index contributed by atoms with van der Waals surface area (Å²) >= 11 is 0. The fourth-order valence-corrected chi connectivity index (χ4v) is 2.53. The third kappa shape index (κ3) is 3.85. The van der Waals surface area contributed by atoms with Gasteiger partial charge in [-0.25, -0.2) is 9.18 Å². The molecule has 0 radical (unpaired) electrons. The van der Waals surface area contributed by atoms with Gasteiger partial charge in [-0.2, -0.15) is 0 Å². The number of esters is 1. The fourth-order valence-electron chi connectivity index (χ4n) is 2.53. The third-order valence-electron chi connectivity index (χ3n) is 3.96. The minimum atomic E-state index is -0.560. The number of nitrogens with one attached hydrogen (secondary N) is 1. The van der Waals surface area contributed by atoms with Crippen LogP contribution in [0.3, 0.4) is 0 Å². The molecule has 1 fully saturated rings. The lowest BCUT2D eigenvalue weighted by Gasteiger charge is -2.29. The maximum absolute atomic E-state index is 13.9. The van der Waals surface area contributed by atoms with Crippen molar-refractivity contribution < 1.29 is 13.9 Å². The van der Waals surface area contributed by atoms with E-state index in [0.717, 1.165) is 32.0 Å². The van der Waals surface area contributed by atoms with Crippen molar-refractivity contribution in [3.8, 4) is 0 Å². The second-order valence-corrected chi connectivity index (χ2v) is 5.54. The summed E-state index contributed by atoms with van der Waals surface area (Å²) in [6.45, 7) is 2.81. The lowest BCUT2D eigenvalue weighted by Crippen LogP contribution is -2.33. The van der Waals surface area contributed by atoms with Gasteiger partial charge in [0.05, 0.1) is 18.4 Å². The van der Waals surface area contributed by atoms with Gasteiger partial charge in [0.1, 0.15) is 5.82 Å². The zero-order valence-electron chi connectivity index (χ0n) is 12.5. The van der Waals surface area contributed by atoms with Crippen LogP contribution in [0, 0.1) is 11.7 Å². The normalized spacial score (nSPS) is 16.7. The SMILES string of the molecule is COC(=O)c1cc(NCC2CCN(C)CC2)c(F)cc1N. The molecule has 0 saturated carbocycles. The zero-order chi connectivity index (χ0) is 15.4. The zero-order valence-corrected chi connectivity index (χ0v) is 12.5. The molecule has 3 N–H and O–H groups in total. The largest absolute Gasteiger partial charge is 0.465 e. The number of anilines is 2. The van der Waals surface area contributed by atoms with Crippen molar-refractivity contribution in [2.75, 3.05) is 44.8 Å². The summed E-state index contributed by atoms with van der Waals surface area (Å²) in [4.78, 5) is 13.9. The Morgan fingerprint density at radius 2 is 2.14 bits per heavy atom. The number of likely N-dealkylation sites (tertiary alicyclic amines) is 1. The van der Waals surface area contributed by atoms with E-state index in [2.05, 4.69) is 22.0 Å². The molecular weight excluding hydrogens is 273 g/mol. The number of carbonyl (C=O) groups excluding carboxylic acids is 1. The van der Waals surface area contributed by atoms with Gasteiger partial charge < -0.3 is 20.7 Å². The average molecular weight is 295 g/mol. The van der Waals surface area contributed by atoms with Crippen LogP contribution in [0.4, 0.5) is 15.8 Å². The predicted octanol–water partition coefficient (Wildman–Crippen LogP) is 1.95. The number of nitrogen functional groups attached to an aromatic ring is 1. The molecule has 2 rings (SSSR count). The molecular formula is C15H22FN3O2. The van der Waals surface area contributed by atoms with Crippen LogP contribution in [0.2, 0.25) is 0 Å². The van der Waals surface area contributed by atoms with Crippen molar-refractivity contribution in [1.82, 2.24) is 4.90 Å². The molecule has 0 bridgehead atoms. The number of benzene rings is 1. The lowest BCUT2D eigenvalue weighted by molar-refractivity contribution is 0.0602. The number of ether oxygens (including phenoxy) is 1. The molecule has 5 nitrogen and oxygen atoms in total. The maximum Gasteiger partial charge on any atom is 0.340 e. The van der Waals surface area contributed by atoms with Crippen LogP contribution < -0.4 is 11.1 Å². The van der Waals surface area contributed by atoms with Crippen LogP contribution in [0.25, 0.3) is 0 Å². The molecule has 0 aliphatic carbocycles. The van der Waals surface area contributed by atoms with Crippen molar-refractivity contribution in [2.45, 2.75) is 12.8 Å². The first-order chi connectivity index (χ1) is 10.0. The van der Waals surface area contributed by atoms with Crippen LogP contribution in [0.1, 0.15) is 23.2 Å². The second-order valence-electron chi connectivity index (χ2n) is 5.54. The van der Waals surface area contributed by atoms with Crippen LogP contribution in [0.15, 0.2) is 12.1 Å². The van der Waals surface area contributed by atoms with Gasteiger partial charge in [-0.1, -0.05) is 0 Å². The number of halogens is 1. The summed E-state index contributed by atoms with van der Waals surface area (Å²) in [6, 6.07) is 2.58. The Bertz CT molecular complexity index is 514. The van der Waals surface area contributed by atoms with Crippen molar-refractivity contribution >= 4 is 17.3 Å². The van der Waals surface area contributed by atoms with Gasteiger partial charge in [-0.15, -0.1) is 0 Å².